The Morgan fingerprint density at radius 1 is 1.06 bits per heavy atom. The van der Waals surface area contributed by atoms with Crippen LogP contribution in [0.25, 0.3) is 0 Å². The lowest BCUT2D eigenvalue weighted by atomic mass is 10.1. The van der Waals surface area contributed by atoms with Gasteiger partial charge in [-0.15, -0.1) is 0 Å². The molecule has 0 unspecified atom stereocenters. The average Bonchev–Trinajstić information content (AvgIpc) is 2.33. The monoisotopic (exact) mass is 249 g/mol. The van der Waals surface area contributed by atoms with Crippen LogP contribution in [0, 0.1) is 0 Å². The Morgan fingerprint density at radius 2 is 1.67 bits per heavy atom. The van der Waals surface area contributed by atoms with Gasteiger partial charge in [0.05, 0.1) is 6.61 Å². The van der Waals surface area contributed by atoms with Crippen molar-refractivity contribution in [1.82, 2.24) is 5.32 Å². The molecule has 1 N–H and O–H groups in total. The third-order valence-electron chi connectivity index (χ3n) is 2.76. The van der Waals surface area contributed by atoms with Crippen molar-refractivity contribution in [3.63, 3.8) is 0 Å². The van der Waals surface area contributed by atoms with E-state index in [1.54, 1.807) is 0 Å². The van der Waals surface area contributed by atoms with Crippen LogP contribution < -0.4 is 5.32 Å². The van der Waals surface area contributed by atoms with Crippen molar-refractivity contribution in [1.29, 1.82) is 0 Å². The molecule has 18 heavy (non-hydrogen) atoms. The number of hydrogen-bond donors (Lipinski definition) is 1. The van der Waals surface area contributed by atoms with E-state index in [1.807, 2.05) is 0 Å². The molecule has 0 saturated heterocycles. The molecule has 0 aliphatic carbocycles. The van der Waals surface area contributed by atoms with E-state index >= 15 is 0 Å². The average molecular weight is 249 g/mol. The summed E-state index contributed by atoms with van der Waals surface area (Å²) in [7, 11) is 0. The lowest BCUT2D eigenvalue weighted by Gasteiger charge is -2.20. The Morgan fingerprint density at radius 3 is 2.22 bits per heavy atom. The molecule has 1 rings (SSSR count). The molecule has 1 aromatic rings. The van der Waals surface area contributed by atoms with Crippen LogP contribution >= 0.6 is 0 Å². The zero-order chi connectivity index (χ0) is 13.4. The highest BCUT2D eigenvalue weighted by Crippen LogP contribution is 2.08. The van der Waals surface area contributed by atoms with Gasteiger partial charge in [-0.1, -0.05) is 37.6 Å². The summed E-state index contributed by atoms with van der Waals surface area (Å²) in [5.74, 6) is 0. The van der Waals surface area contributed by atoms with Crippen LogP contribution in [0.15, 0.2) is 24.3 Å². The van der Waals surface area contributed by atoms with Gasteiger partial charge in [-0.25, -0.2) is 0 Å². The minimum absolute atomic E-state index is 0.169. The van der Waals surface area contributed by atoms with E-state index in [4.69, 9.17) is 4.74 Å². The fourth-order valence-corrected chi connectivity index (χ4v) is 1.56. The zero-order valence-electron chi connectivity index (χ0n) is 12.3. The largest absolute Gasteiger partial charge is 0.377 e. The predicted molar refractivity (Wildman–Crippen MR) is 77.6 cm³/mol. The van der Waals surface area contributed by atoms with Crippen LogP contribution in [0.2, 0.25) is 0 Å². The molecular formula is C16H27NO. The minimum Gasteiger partial charge on any atom is -0.377 e. The van der Waals surface area contributed by atoms with E-state index in [-0.39, 0.29) is 5.54 Å². The van der Waals surface area contributed by atoms with Gasteiger partial charge in [0.15, 0.2) is 0 Å². The second kappa shape index (κ2) is 7.55. The van der Waals surface area contributed by atoms with Gasteiger partial charge >= 0.3 is 0 Å². The standard InChI is InChI=1S/C16H27NO/c1-5-6-11-18-13-15-9-7-14(8-10-15)12-17-16(2,3)4/h7-10,17H,5-6,11-13H2,1-4H3. The van der Waals surface area contributed by atoms with E-state index in [1.165, 1.54) is 17.5 Å². The first kappa shape index (κ1) is 15.2. The molecule has 0 radical (unpaired) electrons. The van der Waals surface area contributed by atoms with E-state index in [0.717, 1.165) is 26.2 Å². The summed E-state index contributed by atoms with van der Waals surface area (Å²) in [4.78, 5) is 0. The molecule has 0 aliphatic heterocycles. The molecule has 0 atom stereocenters. The summed E-state index contributed by atoms with van der Waals surface area (Å²) in [6.07, 6.45) is 2.34. The Bertz CT molecular complexity index is 324. The van der Waals surface area contributed by atoms with Crippen LogP contribution in [-0.2, 0) is 17.9 Å². The van der Waals surface area contributed by atoms with Crippen LogP contribution in [0.3, 0.4) is 0 Å². The van der Waals surface area contributed by atoms with Gasteiger partial charge in [-0.05, 0) is 38.3 Å². The number of ether oxygens (including phenoxy) is 1. The first-order valence-electron chi connectivity index (χ1n) is 6.92. The Labute approximate surface area is 112 Å². The van der Waals surface area contributed by atoms with Gasteiger partial charge in [-0.3, -0.25) is 0 Å². The number of rotatable bonds is 7. The molecule has 0 aromatic heterocycles. The van der Waals surface area contributed by atoms with E-state index in [0.29, 0.717) is 0 Å². The smallest absolute Gasteiger partial charge is 0.0716 e. The van der Waals surface area contributed by atoms with Crippen molar-refractivity contribution in [2.24, 2.45) is 0 Å². The number of unbranched alkanes of at least 4 members (excludes halogenated alkanes) is 1. The maximum atomic E-state index is 5.60. The van der Waals surface area contributed by atoms with E-state index < -0.39 is 0 Å². The molecule has 1 aromatic carbocycles. The van der Waals surface area contributed by atoms with Gasteiger partial charge in [0.2, 0.25) is 0 Å². The minimum atomic E-state index is 0.169. The van der Waals surface area contributed by atoms with Crippen LogP contribution in [0.4, 0.5) is 0 Å². The second-order valence-corrected chi connectivity index (χ2v) is 5.83. The molecule has 0 aliphatic rings. The summed E-state index contributed by atoms with van der Waals surface area (Å²) in [6, 6.07) is 8.67. The Balaban J connectivity index is 2.33. The van der Waals surface area contributed by atoms with Gasteiger partial charge in [-0.2, -0.15) is 0 Å². The molecule has 0 saturated carbocycles. The van der Waals surface area contributed by atoms with Crippen LogP contribution in [0.5, 0.6) is 0 Å². The Hall–Kier alpha value is -0.860. The highest BCUT2D eigenvalue weighted by molar-refractivity contribution is 5.22. The van der Waals surface area contributed by atoms with Gasteiger partial charge in [0, 0.05) is 18.7 Å². The molecule has 0 fully saturated rings. The highest BCUT2D eigenvalue weighted by atomic mass is 16.5. The van der Waals surface area contributed by atoms with Crippen molar-refractivity contribution < 1.29 is 4.74 Å². The summed E-state index contributed by atoms with van der Waals surface area (Å²) in [6.45, 7) is 11.2. The Kier molecular flexibility index (Phi) is 6.37. The summed E-state index contributed by atoms with van der Waals surface area (Å²) >= 11 is 0. The third-order valence-corrected chi connectivity index (χ3v) is 2.76. The van der Waals surface area contributed by atoms with Gasteiger partial charge in [0.1, 0.15) is 0 Å². The summed E-state index contributed by atoms with van der Waals surface area (Å²) < 4.78 is 5.60. The molecular weight excluding hydrogens is 222 g/mol. The first-order chi connectivity index (χ1) is 8.51. The van der Waals surface area contributed by atoms with E-state index in [2.05, 4.69) is 57.3 Å². The molecule has 102 valence electrons. The SMILES string of the molecule is CCCCOCc1ccc(CNC(C)(C)C)cc1. The first-order valence-corrected chi connectivity index (χ1v) is 6.92. The van der Waals surface area contributed by atoms with E-state index in [9.17, 15) is 0 Å². The van der Waals surface area contributed by atoms with Gasteiger partial charge < -0.3 is 10.1 Å². The number of hydrogen-bond acceptors (Lipinski definition) is 2. The maximum absolute atomic E-state index is 5.60. The highest BCUT2D eigenvalue weighted by Gasteiger charge is 2.07. The fraction of sp³-hybridized carbons (Fsp3) is 0.625. The topological polar surface area (TPSA) is 21.3 Å². The van der Waals surface area contributed by atoms with Crippen molar-refractivity contribution in [2.45, 2.75) is 59.2 Å². The quantitative estimate of drug-likeness (QED) is 0.740. The predicted octanol–water partition coefficient (Wildman–Crippen LogP) is 3.89. The lowest BCUT2D eigenvalue weighted by Crippen LogP contribution is -2.35. The second-order valence-electron chi connectivity index (χ2n) is 5.83. The summed E-state index contributed by atoms with van der Waals surface area (Å²) in [5.41, 5.74) is 2.75. The van der Waals surface area contributed by atoms with Crippen molar-refractivity contribution in [3.05, 3.63) is 35.4 Å². The maximum Gasteiger partial charge on any atom is 0.0716 e. The number of nitrogens with one attached hydrogen (secondary N) is 1. The lowest BCUT2D eigenvalue weighted by molar-refractivity contribution is 0.118. The molecule has 0 heterocycles. The molecule has 0 spiro atoms. The summed E-state index contributed by atoms with van der Waals surface area (Å²) in [5, 5.41) is 3.49. The van der Waals surface area contributed by atoms with Crippen molar-refractivity contribution in [2.75, 3.05) is 6.61 Å². The number of benzene rings is 1. The van der Waals surface area contributed by atoms with Crippen molar-refractivity contribution in [3.8, 4) is 0 Å². The molecule has 0 bridgehead atoms. The van der Waals surface area contributed by atoms with Gasteiger partial charge in [0.25, 0.3) is 0 Å². The molecule has 2 nitrogen and oxygen atoms in total. The van der Waals surface area contributed by atoms with Crippen LogP contribution in [-0.4, -0.2) is 12.1 Å². The molecule has 0 amide bonds. The van der Waals surface area contributed by atoms with Crippen LogP contribution in [0.1, 0.15) is 51.7 Å². The zero-order valence-corrected chi connectivity index (χ0v) is 12.3. The third kappa shape index (κ3) is 6.77. The molecule has 2 heteroatoms. The normalized spacial score (nSPS) is 11.8. The fourth-order valence-electron chi connectivity index (χ4n) is 1.56. The van der Waals surface area contributed by atoms with Crippen molar-refractivity contribution >= 4 is 0 Å².